The number of hydrogen-bond acceptors (Lipinski definition) is 7. The first-order chi connectivity index (χ1) is 45.5. The Morgan fingerprint density at radius 1 is 0.326 bits per heavy atom. The molecular weight excluding hydrogens is 1130 g/mol. The van der Waals surface area contributed by atoms with Crippen molar-refractivity contribution in [1.82, 2.24) is 29.1 Å². The zero-order valence-corrected chi connectivity index (χ0v) is 49.6. The van der Waals surface area contributed by atoms with Crippen molar-refractivity contribution in [2.24, 2.45) is 0 Å². The molecule has 0 fully saturated rings. The monoisotopic (exact) mass is 1180 g/mol. The van der Waals surface area contributed by atoms with Crippen LogP contribution in [0.5, 0.6) is 0 Å². The molecular formula is C83H50N6O3. The van der Waals surface area contributed by atoms with Crippen LogP contribution in [-0.4, -0.2) is 29.1 Å². The highest BCUT2D eigenvalue weighted by Gasteiger charge is 2.40. The highest BCUT2D eigenvalue weighted by Crippen LogP contribution is 2.52. The van der Waals surface area contributed by atoms with Crippen molar-refractivity contribution in [3.05, 3.63) is 290 Å². The van der Waals surface area contributed by atoms with E-state index in [2.05, 4.69) is 234 Å². The summed E-state index contributed by atoms with van der Waals surface area (Å²) in [7, 11) is 0. The molecule has 92 heavy (non-hydrogen) atoms. The zero-order chi connectivity index (χ0) is 60.3. The Morgan fingerprint density at radius 3 is 1.48 bits per heavy atom. The molecule has 0 saturated heterocycles. The topological polar surface area (TPSA) is 101 Å². The van der Waals surface area contributed by atoms with Gasteiger partial charge < -0.3 is 22.4 Å². The Kier molecular flexibility index (Phi) is 10.6. The van der Waals surface area contributed by atoms with Gasteiger partial charge in [-0.25, -0.2) is 9.97 Å². The number of nitrogens with zero attached hydrogens (tertiary/aromatic N) is 6. The van der Waals surface area contributed by atoms with Gasteiger partial charge in [0.2, 0.25) is 11.4 Å². The fraction of sp³-hybridized carbons (Fsp3) is 0.0361. The van der Waals surface area contributed by atoms with Gasteiger partial charge in [-0.2, -0.15) is 9.97 Å². The van der Waals surface area contributed by atoms with Crippen LogP contribution < -0.4 is 0 Å². The lowest BCUT2D eigenvalue weighted by Crippen LogP contribution is -2.24. The molecule has 1 aliphatic carbocycles. The quantitative estimate of drug-likeness (QED) is 0.149. The highest BCUT2D eigenvalue weighted by atomic mass is 16.3. The molecule has 1 unspecified atom stereocenters. The molecule has 19 aromatic rings. The summed E-state index contributed by atoms with van der Waals surface area (Å²) >= 11 is 0. The van der Waals surface area contributed by atoms with Crippen molar-refractivity contribution in [3.63, 3.8) is 0 Å². The van der Waals surface area contributed by atoms with Gasteiger partial charge in [0.15, 0.2) is 11.6 Å². The summed E-state index contributed by atoms with van der Waals surface area (Å²) in [6.45, 7) is 2.41. The third kappa shape index (κ3) is 7.35. The van der Waals surface area contributed by atoms with Gasteiger partial charge in [0.05, 0.1) is 55.3 Å². The van der Waals surface area contributed by atoms with E-state index in [-0.39, 0.29) is 5.41 Å². The van der Waals surface area contributed by atoms with Crippen molar-refractivity contribution in [3.8, 4) is 67.8 Å². The first kappa shape index (κ1) is 50.8. The van der Waals surface area contributed by atoms with E-state index in [1.807, 2.05) is 54.6 Å². The second-order valence-corrected chi connectivity index (χ2v) is 24.6. The number of aromatic nitrogens is 6. The van der Waals surface area contributed by atoms with Crippen LogP contribution in [0.4, 0.5) is 0 Å². The molecule has 9 nitrogen and oxygen atoms in total. The van der Waals surface area contributed by atoms with Crippen molar-refractivity contribution < 1.29 is 13.3 Å². The van der Waals surface area contributed by atoms with Crippen molar-refractivity contribution in [2.45, 2.75) is 18.8 Å². The lowest BCUT2D eigenvalue weighted by atomic mass is 9.75. The Morgan fingerprint density at radius 2 is 0.837 bits per heavy atom. The number of hydrogen-bond donors (Lipinski definition) is 0. The lowest BCUT2D eigenvalue weighted by Gasteiger charge is -2.28. The molecule has 0 amide bonds. The van der Waals surface area contributed by atoms with Gasteiger partial charge in [-0.15, -0.1) is 0 Å². The van der Waals surface area contributed by atoms with E-state index < -0.39 is 0 Å². The third-order valence-electron chi connectivity index (χ3n) is 19.4. The average Bonchev–Trinajstić information content (AvgIpc) is 1.57. The minimum atomic E-state index is -0.378. The number of para-hydroxylation sites is 3. The first-order valence-corrected chi connectivity index (χ1v) is 31.2. The standard InChI is InChI=1S/C83H50N6O3/c1-83(63-30-15-11-26-54(63)55-41-40-53(42-64(55)83)88-65-31-16-12-27-56(65)59-43-61-72(45-68(59)88)91-81-75(61)77(49-20-5-2-6-21-49)84-79(86-81)51-24-9-4-10-25-51)47-48-36-38-52(39-37-48)80-85-78(50-22-7-3-8-23-50)76-62-44-60-57-28-13-17-32-66(57)89(69(60)46-73(62)92-82(76)87-80)67-33-19-35-71-74(67)58-29-14-18-34-70(58)90-71/h2-46H,47H2,1H3. The van der Waals surface area contributed by atoms with Gasteiger partial charge in [0, 0.05) is 83.2 Å². The van der Waals surface area contributed by atoms with Gasteiger partial charge in [0.25, 0.3) is 0 Å². The summed E-state index contributed by atoms with van der Waals surface area (Å²) in [4.78, 5) is 21.1. The summed E-state index contributed by atoms with van der Waals surface area (Å²) in [6, 6.07) is 96.6. The van der Waals surface area contributed by atoms with Crippen LogP contribution in [0.15, 0.2) is 286 Å². The number of fused-ring (bicyclic) bond motifs is 18. The van der Waals surface area contributed by atoms with E-state index in [4.69, 9.17) is 33.2 Å². The SMILES string of the molecule is CC1(Cc2ccc(-c3nc(-c4ccccc4)c4c(n3)oc3cc5c(cc34)c3ccccc3n5-c3cccc4oc5ccccc5c34)cc2)c2ccccc2-c2ccc(-n3c4ccccc4c4cc5c(cc43)oc3nc(-c4ccccc4)nc(-c4ccccc4)c35)cc21. The smallest absolute Gasteiger partial charge is 0.231 e. The van der Waals surface area contributed by atoms with Crippen LogP contribution in [0.1, 0.15) is 23.6 Å². The summed E-state index contributed by atoms with van der Waals surface area (Å²) in [5.41, 5.74) is 22.1. The predicted molar refractivity (Wildman–Crippen MR) is 372 cm³/mol. The minimum Gasteiger partial charge on any atom is -0.456 e. The minimum absolute atomic E-state index is 0.378. The van der Waals surface area contributed by atoms with E-state index >= 15 is 0 Å². The Bertz CT molecular complexity index is 6290. The fourth-order valence-electron chi connectivity index (χ4n) is 15.3. The van der Waals surface area contributed by atoms with Gasteiger partial charge in [0.1, 0.15) is 22.3 Å². The Balaban J connectivity index is 0.696. The third-order valence-corrected chi connectivity index (χ3v) is 19.4. The number of rotatable bonds is 8. The van der Waals surface area contributed by atoms with E-state index in [0.717, 1.165) is 150 Å². The van der Waals surface area contributed by atoms with E-state index in [0.29, 0.717) is 23.1 Å². The Hall–Kier alpha value is -12.2. The molecule has 20 rings (SSSR count). The molecule has 0 N–H and O–H groups in total. The van der Waals surface area contributed by atoms with Gasteiger partial charge in [-0.1, -0.05) is 213 Å². The summed E-state index contributed by atoms with van der Waals surface area (Å²) < 4.78 is 25.0. The summed E-state index contributed by atoms with van der Waals surface area (Å²) in [6.07, 6.45) is 0.762. The molecule has 430 valence electrons. The molecule has 0 bridgehead atoms. The van der Waals surface area contributed by atoms with E-state index in [1.165, 1.54) is 27.8 Å². The van der Waals surface area contributed by atoms with Crippen LogP contribution in [0.2, 0.25) is 0 Å². The van der Waals surface area contributed by atoms with Gasteiger partial charge >= 0.3 is 0 Å². The highest BCUT2D eigenvalue weighted by molar-refractivity contribution is 6.22. The fourth-order valence-corrected chi connectivity index (χ4v) is 15.3. The lowest BCUT2D eigenvalue weighted by molar-refractivity contribution is 0.583. The molecule has 7 heterocycles. The first-order valence-electron chi connectivity index (χ1n) is 31.2. The molecule has 12 aromatic carbocycles. The molecule has 1 atom stereocenters. The maximum Gasteiger partial charge on any atom is 0.231 e. The Labute approximate surface area is 525 Å². The number of benzene rings is 12. The van der Waals surface area contributed by atoms with Gasteiger partial charge in [-0.3, -0.25) is 0 Å². The predicted octanol–water partition coefficient (Wildman–Crippen LogP) is 21.4. The van der Waals surface area contributed by atoms with Gasteiger partial charge in [-0.05, 0) is 88.8 Å². The van der Waals surface area contributed by atoms with Crippen LogP contribution in [0.3, 0.4) is 0 Å². The van der Waals surface area contributed by atoms with Crippen LogP contribution in [0.25, 0.3) is 177 Å². The second kappa shape index (κ2) is 19.2. The molecule has 0 radical (unpaired) electrons. The van der Waals surface area contributed by atoms with Crippen LogP contribution >= 0.6 is 0 Å². The largest absolute Gasteiger partial charge is 0.456 e. The summed E-state index contributed by atoms with van der Waals surface area (Å²) in [5, 5.41) is 10.4. The molecule has 7 aromatic heterocycles. The van der Waals surface area contributed by atoms with Crippen molar-refractivity contribution >= 4 is 110 Å². The number of furan rings is 3. The maximum absolute atomic E-state index is 6.96. The molecule has 0 aliphatic heterocycles. The zero-order valence-electron chi connectivity index (χ0n) is 49.6. The van der Waals surface area contributed by atoms with E-state index in [1.54, 1.807) is 0 Å². The van der Waals surface area contributed by atoms with Crippen LogP contribution in [-0.2, 0) is 11.8 Å². The molecule has 0 spiro atoms. The maximum atomic E-state index is 6.96. The normalized spacial score (nSPS) is 14.0. The second-order valence-electron chi connectivity index (χ2n) is 24.6. The molecule has 0 saturated carbocycles. The molecule has 9 heteroatoms. The van der Waals surface area contributed by atoms with E-state index in [9.17, 15) is 0 Å². The molecule has 1 aliphatic rings. The van der Waals surface area contributed by atoms with Crippen molar-refractivity contribution in [1.29, 1.82) is 0 Å². The van der Waals surface area contributed by atoms with Crippen LogP contribution in [0, 0.1) is 0 Å². The average molecular weight is 1180 g/mol. The van der Waals surface area contributed by atoms with Crippen molar-refractivity contribution in [2.75, 3.05) is 0 Å². The summed E-state index contributed by atoms with van der Waals surface area (Å²) in [5.74, 6) is 1.22.